The third kappa shape index (κ3) is 3.68. The van der Waals surface area contributed by atoms with Gasteiger partial charge in [0, 0.05) is 6.07 Å². The number of carbonyl (C=O) groups is 1. The van der Waals surface area contributed by atoms with Crippen LogP contribution in [0.5, 0.6) is 5.75 Å². The molecule has 0 heterocycles. The topological polar surface area (TPSA) is 46.5 Å². The van der Waals surface area contributed by atoms with Crippen molar-refractivity contribution >= 4 is 12.0 Å². The van der Waals surface area contributed by atoms with Crippen LogP contribution in [0.25, 0.3) is 6.08 Å². The second-order valence-electron chi connectivity index (χ2n) is 4.07. The Morgan fingerprint density at radius 3 is 2.65 bits per heavy atom. The summed E-state index contributed by atoms with van der Waals surface area (Å²) in [6.07, 6.45) is 3.59. The summed E-state index contributed by atoms with van der Waals surface area (Å²) in [4.78, 5) is 11.0. The summed E-state index contributed by atoms with van der Waals surface area (Å²) in [5, 5.41) is 8.97. The lowest BCUT2D eigenvalue weighted by Gasteiger charge is -2.06. The molecule has 0 fully saturated rings. The first-order valence-corrected chi connectivity index (χ1v) is 6.04. The Morgan fingerprint density at radius 1 is 1.20 bits per heavy atom. The van der Waals surface area contributed by atoms with Crippen molar-refractivity contribution in [3.05, 3.63) is 71.6 Å². The van der Waals surface area contributed by atoms with Crippen molar-refractivity contribution in [1.82, 2.24) is 0 Å². The number of aromatic carboxylic acids is 1. The summed E-state index contributed by atoms with van der Waals surface area (Å²) < 4.78 is 18.4. The number of ether oxygens (including phenoxy) is 1. The van der Waals surface area contributed by atoms with E-state index in [4.69, 9.17) is 9.84 Å². The minimum atomic E-state index is -1.15. The van der Waals surface area contributed by atoms with Gasteiger partial charge in [-0.05, 0) is 23.8 Å². The lowest BCUT2D eigenvalue weighted by atomic mass is 10.2. The van der Waals surface area contributed by atoms with Crippen LogP contribution in [-0.2, 0) is 0 Å². The highest BCUT2D eigenvalue weighted by atomic mass is 19.1. The maximum Gasteiger partial charge on any atom is 0.339 e. The Hall–Kier alpha value is -2.62. The Bertz CT molecular complexity index is 621. The molecule has 2 aromatic rings. The first-order chi connectivity index (χ1) is 9.66. The van der Waals surface area contributed by atoms with Gasteiger partial charge < -0.3 is 9.84 Å². The van der Waals surface area contributed by atoms with E-state index in [1.165, 1.54) is 6.07 Å². The molecule has 2 rings (SSSR count). The predicted molar refractivity (Wildman–Crippen MR) is 74.3 cm³/mol. The quantitative estimate of drug-likeness (QED) is 0.904. The van der Waals surface area contributed by atoms with Gasteiger partial charge in [-0.3, -0.25) is 0 Å². The molecule has 0 aromatic heterocycles. The van der Waals surface area contributed by atoms with Crippen LogP contribution in [0.2, 0.25) is 0 Å². The molecular formula is C16H13FO3. The van der Waals surface area contributed by atoms with Crippen LogP contribution in [0.3, 0.4) is 0 Å². The molecule has 0 aliphatic heterocycles. The van der Waals surface area contributed by atoms with Crippen LogP contribution in [0.4, 0.5) is 4.39 Å². The van der Waals surface area contributed by atoms with Gasteiger partial charge >= 0.3 is 5.97 Å². The lowest BCUT2D eigenvalue weighted by Crippen LogP contribution is -2.03. The first kappa shape index (κ1) is 13.8. The molecule has 2 aromatic carbocycles. The molecule has 0 saturated carbocycles. The number of carboxylic acids is 1. The van der Waals surface area contributed by atoms with Crippen molar-refractivity contribution in [2.24, 2.45) is 0 Å². The molecule has 0 atom stereocenters. The SMILES string of the molecule is O=C(O)c1ccc(F)cc1OC/C=C/c1ccccc1. The number of hydrogen-bond acceptors (Lipinski definition) is 2. The molecule has 0 saturated heterocycles. The molecule has 0 aliphatic carbocycles. The van der Waals surface area contributed by atoms with Crippen LogP contribution in [-0.4, -0.2) is 17.7 Å². The van der Waals surface area contributed by atoms with E-state index in [0.29, 0.717) is 0 Å². The number of rotatable bonds is 5. The summed E-state index contributed by atoms with van der Waals surface area (Å²) >= 11 is 0. The fourth-order valence-electron chi connectivity index (χ4n) is 1.68. The predicted octanol–water partition coefficient (Wildman–Crippen LogP) is 3.62. The standard InChI is InChI=1S/C16H13FO3/c17-13-8-9-14(16(18)19)15(11-13)20-10-4-7-12-5-2-1-3-6-12/h1-9,11H,10H2,(H,18,19)/b7-4+. The molecule has 0 aliphatic rings. The van der Waals surface area contributed by atoms with Crippen molar-refractivity contribution in [2.45, 2.75) is 0 Å². The number of halogens is 1. The van der Waals surface area contributed by atoms with Crippen molar-refractivity contribution in [3.8, 4) is 5.75 Å². The van der Waals surface area contributed by atoms with Crippen LogP contribution < -0.4 is 4.74 Å². The molecule has 0 amide bonds. The normalized spacial score (nSPS) is 10.7. The average molecular weight is 272 g/mol. The third-order valence-electron chi connectivity index (χ3n) is 2.62. The molecule has 1 N–H and O–H groups in total. The van der Waals surface area contributed by atoms with Crippen molar-refractivity contribution in [2.75, 3.05) is 6.61 Å². The van der Waals surface area contributed by atoms with E-state index < -0.39 is 11.8 Å². The van der Waals surface area contributed by atoms with Gasteiger partial charge in [-0.1, -0.05) is 36.4 Å². The smallest absolute Gasteiger partial charge is 0.339 e. The molecular weight excluding hydrogens is 259 g/mol. The fourth-order valence-corrected chi connectivity index (χ4v) is 1.68. The van der Waals surface area contributed by atoms with Gasteiger partial charge in [-0.25, -0.2) is 9.18 Å². The van der Waals surface area contributed by atoms with Gasteiger partial charge in [-0.2, -0.15) is 0 Å². The molecule has 102 valence electrons. The van der Waals surface area contributed by atoms with E-state index in [0.717, 1.165) is 17.7 Å². The van der Waals surface area contributed by atoms with Crippen molar-refractivity contribution in [1.29, 1.82) is 0 Å². The molecule has 20 heavy (non-hydrogen) atoms. The summed E-state index contributed by atoms with van der Waals surface area (Å²) in [6, 6.07) is 13.0. The zero-order chi connectivity index (χ0) is 14.4. The van der Waals surface area contributed by atoms with Gasteiger partial charge in [0.1, 0.15) is 23.7 Å². The monoisotopic (exact) mass is 272 g/mol. The van der Waals surface area contributed by atoms with Crippen LogP contribution in [0.15, 0.2) is 54.6 Å². The van der Waals surface area contributed by atoms with Gasteiger partial charge in [0.25, 0.3) is 0 Å². The van der Waals surface area contributed by atoms with Gasteiger partial charge in [0.15, 0.2) is 0 Å². The highest BCUT2D eigenvalue weighted by Crippen LogP contribution is 2.20. The van der Waals surface area contributed by atoms with Crippen molar-refractivity contribution in [3.63, 3.8) is 0 Å². The van der Waals surface area contributed by atoms with E-state index in [1.54, 1.807) is 6.08 Å². The molecule has 4 heteroatoms. The second kappa shape index (κ2) is 6.52. The summed E-state index contributed by atoms with van der Waals surface area (Å²) in [6.45, 7) is 0.165. The second-order valence-corrected chi connectivity index (χ2v) is 4.07. The third-order valence-corrected chi connectivity index (χ3v) is 2.62. The molecule has 0 spiro atoms. The zero-order valence-corrected chi connectivity index (χ0v) is 10.6. The highest BCUT2D eigenvalue weighted by molar-refractivity contribution is 5.90. The van der Waals surface area contributed by atoms with Crippen LogP contribution in [0.1, 0.15) is 15.9 Å². The molecule has 0 unspecified atom stereocenters. The summed E-state index contributed by atoms with van der Waals surface area (Å²) in [5.41, 5.74) is 0.952. The van der Waals surface area contributed by atoms with E-state index >= 15 is 0 Å². The number of carboxylic acid groups (broad SMARTS) is 1. The Balaban J connectivity index is 2.02. The molecule has 0 bridgehead atoms. The minimum Gasteiger partial charge on any atom is -0.489 e. The maximum atomic E-state index is 13.1. The van der Waals surface area contributed by atoms with Gasteiger partial charge in [0.05, 0.1) is 0 Å². The summed E-state index contributed by atoms with van der Waals surface area (Å²) in [5.74, 6) is -1.65. The number of hydrogen-bond donors (Lipinski definition) is 1. The lowest BCUT2D eigenvalue weighted by molar-refractivity contribution is 0.0692. The largest absolute Gasteiger partial charge is 0.489 e. The fraction of sp³-hybridized carbons (Fsp3) is 0.0625. The Kier molecular flexibility index (Phi) is 4.50. The Labute approximate surface area is 115 Å². The molecule has 3 nitrogen and oxygen atoms in total. The van der Waals surface area contributed by atoms with Gasteiger partial charge in [0.2, 0.25) is 0 Å². The van der Waals surface area contributed by atoms with E-state index in [1.807, 2.05) is 36.4 Å². The Morgan fingerprint density at radius 2 is 1.95 bits per heavy atom. The zero-order valence-electron chi connectivity index (χ0n) is 10.6. The average Bonchev–Trinajstić information content (AvgIpc) is 2.44. The van der Waals surface area contributed by atoms with E-state index in [2.05, 4.69) is 0 Å². The highest BCUT2D eigenvalue weighted by Gasteiger charge is 2.11. The number of benzene rings is 2. The minimum absolute atomic E-state index is 0.0233. The van der Waals surface area contributed by atoms with Crippen molar-refractivity contribution < 1.29 is 19.0 Å². The van der Waals surface area contributed by atoms with Gasteiger partial charge in [-0.15, -0.1) is 0 Å². The first-order valence-electron chi connectivity index (χ1n) is 6.04. The van der Waals surface area contributed by atoms with E-state index in [-0.39, 0.29) is 17.9 Å². The molecule has 0 radical (unpaired) electrons. The van der Waals surface area contributed by atoms with Crippen LogP contribution in [0, 0.1) is 5.82 Å². The maximum absolute atomic E-state index is 13.1. The van der Waals surface area contributed by atoms with E-state index in [9.17, 15) is 9.18 Å². The summed E-state index contributed by atoms with van der Waals surface area (Å²) in [7, 11) is 0. The van der Waals surface area contributed by atoms with Crippen LogP contribution >= 0.6 is 0 Å².